The molecule has 0 radical (unpaired) electrons. The van der Waals surface area contributed by atoms with E-state index in [0.29, 0.717) is 0 Å². The van der Waals surface area contributed by atoms with E-state index in [9.17, 15) is 0 Å². The zero-order valence-electron chi connectivity index (χ0n) is 12.1. The Balaban J connectivity index is 1.99. The second kappa shape index (κ2) is 7.15. The second-order valence-corrected chi connectivity index (χ2v) is 6.02. The average Bonchev–Trinajstić information content (AvgIpc) is 2.72. The minimum absolute atomic E-state index is 0.759. The zero-order valence-corrected chi connectivity index (χ0v) is 13.7. The number of nitrogens with zero attached hydrogens (tertiary/aromatic N) is 4. The molecule has 0 fully saturated rings. The van der Waals surface area contributed by atoms with Crippen LogP contribution in [0.1, 0.15) is 18.7 Å². The Morgan fingerprint density at radius 3 is 2.85 bits per heavy atom. The van der Waals surface area contributed by atoms with Crippen LogP contribution < -0.4 is 5.73 Å². The molecule has 0 unspecified atom stereocenters. The van der Waals surface area contributed by atoms with Crippen LogP contribution in [0.4, 0.5) is 0 Å². The van der Waals surface area contributed by atoms with Crippen molar-refractivity contribution in [2.45, 2.75) is 26.3 Å². The normalized spacial score (nSPS) is 11.7. The molecule has 0 saturated heterocycles. The first kappa shape index (κ1) is 15.4. The summed E-state index contributed by atoms with van der Waals surface area (Å²) in [6.45, 7) is 5.89. The lowest BCUT2D eigenvalue weighted by molar-refractivity contribution is 0.319. The van der Waals surface area contributed by atoms with Crippen LogP contribution in [0.3, 0.4) is 0 Å². The molecular weight excluding hydrogens is 318 g/mol. The van der Waals surface area contributed by atoms with Gasteiger partial charge in [0.15, 0.2) is 5.65 Å². The van der Waals surface area contributed by atoms with Crippen LogP contribution in [0.25, 0.3) is 11.2 Å². The number of rotatable bonds is 7. The topological polar surface area (TPSA) is 60.0 Å². The molecule has 20 heavy (non-hydrogen) atoms. The molecule has 0 bridgehead atoms. The molecule has 0 amide bonds. The second-order valence-electron chi connectivity index (χ2n) is 5.11. The first-order valence-corrected chi connectivity index (χ1v) is 7.78. The number of aryl methyl sites for hydroxylation is 2. The van der Waals surface area contributed by atoms with Crippen molar-refractivity contribution >= 4 is 27.1 Å². The molecule has 0 saturated carbocycles. The van der Waals surface area contributed by atoms with E-state index in [1.165, 1.54) is 0 Å². The third-order valence-electron chi connectivity index (χ3n) is 3.43. The summed E-state index contributed by atoms with van der Waals surface area (Å²) in [5, 5.41) is 0. The van der Waals surface area contributed by atoms with Crippen LogP contribution in [-0.4, -0.2) is 46.1 Å². The maximum absolute atomic E-state index is 5.53. The number of fused-ring (bicyclic) bond motifs is 1. The van der Waals surface area contributed by atoms with E-state index in [2.05, 4.69) is 48.5 Å². The number of imidazole rings is 1. The van der Waals surface area contributed by atoms with Crippen molar-refractivity contribution < 1.29 is 0 Å². The van der Waals surface area contributed by atoms with Gasteiger partial charge in [0.05, 0.1) is 5.52 Å². The van der Waals surface area contributed by atoms with E-state index in [1.54, 1.807) is 6.20 Å². The standard InChI is InChI=1S/C14H22BrN5/c1-11-18-14-13(9-12(15)10-17-14)20(11)8-4-7-19(2)6-3-5-16/h9-10H,3-8,16H2,1-2H3. The summed E-state index contributed by atoms with van der Waals surface area (Å²) in [6, 6.07) is 2.08. The van der Waals surface area contributed by atoms with Crippen molar-refractivity contribution in [1.29, 1.82) is 0 Å². The molecule has 5 nitrogen and oxygen atoms in total. The van der Waals surface area contributed by atoms with Gasteiger partial charge in [-0.3, -0.25) is 0 Å². The quantitative estimate of drug-likeness (QED) is 0.839. The molecule has 0 aliphatic carbocycles. The fraction of sp³-hybridized carbons (Fsp3) is 0.571. The largest absolute Gasteiger partial charge is 0.330 e. The predicted octanol–water partition coefficient (Wildman–Crippen LogP) is 2.17. The lowest BCUT2D eigenvalue weighted by Crippen LogP contribution is -2.23. The van der Waals surface area contributed by atoms with Crippen molar-refractivity contribution in [2.75, 3.05) is 26.7 Å². The molecule has 0 aliphatic rings. The lowest BCUT2D eigenvalue weighted by Gasteiger charge is -2.16. The van der Waals surface area contributed by atoms with E-state index < -0.39 is 0 Å². The van der Waals surface area contributed by atoms with Gasteiger partial charge < -0.3 is 15.2 Å². The first-order chi connectivity index (χ1) is 9.61. The summed E-state index contributed by atoms with van der Waals surface area (Å²) >= 11 is 3.47. The van der Waals surface area contributed by atoms with E-state index in [0.717, 1.165) is 60.5 Å². The summed E-state index contributed by atoms with van der Waals surface area (Å²) in [6.07, 6.45) is 3.94. The first-order valence-electron chi connectivity index (χ1n) is 6.99. The number of aromatic nitrogens is 3. The molecule has 2 N–H and O–H groups in total. The van der Waals surface area contributed by atoms with Crippen LogP contribution in [0.5, 0.6) is 0 Å². The van der Waals surface area contributed by atoms with E-state index in [-0.39, 0.29) is 0 Å². The van der Waals surface area contributed by atoms with Gasteiger partial charge in [-0.25, -0.2) is 9.97 Å². The van der Waals surface area contributed by atoms with E-state index in [4.69, 9.17) is 5.73 Å². The summed E-state index contributed by atoms with van der Waals surface area (Å²) in [7, 11) is 2.15. The summed E-state index contributed by atoms with van der Waals surface area (Å²) in [5.41, 5.74) is 7.45. The van der Waals surface area contributed by atoms with Crippen molar-refractivity contribution in [1.82, 2.24) is 19.4 Å². The smallest absolute Gasteiger partial charge is 0.177 e. The van der Waals surface area contributed by atoms with E-state index >= 15 is 0 Å². The molecule has 2 rings (SSSR count). The molecule has 2 heterocycles. The van der Waals surface area contributed by atoms with Crippen LogP contribution >= 0.6 is 15.9 Å². The maximum atomic E-state index is 5.53. The predicted molar refractivity (Wildman–Crippen MR) is 85.8 cm³/mol. The Morgan fingerprint density at radius 2 is 2.10 bits per heavy atom. The highest BCUT2D eigenvalue weighted by Crippen LogP contribution is 2.18. The summed E-state index contributed by atoms with van der Waals surface area (Å²) in [5.74, 6) is 1.02. The van der Waals surface area contributed by atoms with Gasteiger partial charge in [0.2, 0.25) is 0 Å². The van der Waals surface area contributed by atoms with Gasteiger partial charge in [-0.2, -0.15) is 0 Å². The monoisotopic (exact) mass is 339 g/mol. The van der Waals surface area contributed by atoms with Crippen LogP contribution in [0.15, 0.2) is 16.7 Å². The van der Waals surface area contributed by atoms with Crippen LogP contribution in [0, 0.1) is 6.92 Å². The van der Waals surface area contributed by atoms with Gasteiger partial charge in [0.25, 0.3) is 0 Å². The number of halogens is 1. The molecule has 6 heteroatoms. The molecule has 0 aliphatic heterocycles. The average molecular weight is 340 g/mol. The molecule has 110 valence electrons. The number of nitrogens with two attached hydrogens (primary N) is 1. The summed E-state index contributed by atoms with van der Waals surface area (Å²) < 4.78 is 3.23. The molecule has 0 atom stereocenters. The summed E-state index contributed by atoms with van der Waals surface area (Å²) in [4.78, 5) is 11.2. The molecule has 0 aromatic carbocycles. The van der Waals surface area contributed by atoms with Crippen molar-refractivity contribution in [3.63, 3.8) is 0 Å². The highest BCUT2D eigenvalue weighted by molar-refractivity contribution is 9.10. The zero-order chi connectivity index (χ0) is 14.5. The van der Waals surface area contributed by atoms with Gasteiger partial charge >= 0.3 is 0 Å². The number of hydrogen-bond acceptors (Lipinski definition) is 4. The highest BCUT2D eigenvalue weighted by atomic mass is 79.9. The number of pyridine rings is 1. The number of hydrogen-bond donors (Lipinski definition) is 1. The van der Waals surface area contributed by atoms with Crippen LogP contribution in [0.2, 0.25) is 0 Å². The Morgan fingerprint density at radius 1 is 1.35 bits per heavy atom. The maximum Gasteiger partial charge on any atom is 0.177 e. The van der Waals surface area contributed by atoms with Gasteiger partial charge in [-0.15, -0.1) is 0 Å². The van der Waals surface area contributed by atoms with E-state index in [1.807, 2.05) is 6.92 Å². The third-order valence-corrected chi connectivity index (χ3v) is 3.86. The van der Waals surface area contributed by atoms with Crippen molar-refractivity contribution in [2.24, 2.45) is 5.73 Å². The van der Waals surface area contributed by atoms with Gasteiger partial charge in [0, 0.05) is 17.2 Å². The van der Waals surface area contributed by atoms with Gasteiger partial charge in [-0.1, -0.05) is 0 Å². The van der Waals surface area contributed by atoms with Gasteiger partial charge in [-0.05, 0) is 68.4 Å². The van der Waals surface area contributed by atoms with Gasteiger partial charge in [0.1, 0.15) is 5.82 Å². The Bertz CT molecular complexity index is 566. The minimum Gasteiger partial charge on any atom is -0.330 e. The SMILES string of the molecule is Cc1nc2ncc(Br)cc2n1CCCN(C)CCCN. The molecule has 2 aromatic rings. The fourth-order valence-corrected chi connectivity index (χ4v) is 2.67. The Kier molecular flexibility index (Phi) is 5.51. The van der Waals surface area contributed by atoms with Crippen LogP contribution in [-0.2, 0) is 6.54 Å². The third kappa shape index (κ3) is 3.77. The Hall–Kier alpha value is -0.980. The van der Waals surface area contributed by atoms with Crippen molar-refractivity contribution in [3.8, 4) is 0 Å². The fourth-order valence-electron chi connectivity index (χ4n) is 2.35. The molecule has 2 aromatic heterocycles. The molecular formula is C14H22BrN5. The minimum atomic E-state index is 0.759. The molecule has 0 spiro atoms. The lowest BCUT2D eigenvalue weighted by atomic mass is 10.3. The highest BCUT2D eigenvalue weighted by Gasteiger charge is 2.09. The Labute approximate surface area is 128 Å². The van der Waals surface area contributed by atoms with Crippen molar-refractivity contribution in [3.05, 3.63) is 22.6 Å².